The van der Waals surface area contributed by atoms with Gasteiger partial charge in [0.15, 0.2) is 11.3 Å². The Kier molecular flexibility index (Phi) is 5.69. The molecule has 28 heavy (non-hydrogen) atoms. The molecular formula is C23H15N5. The molecule has 0 N–H and O–H groups in total. The van der Waals surface area contributed by atoms with E-state index >= 15 is 0 Å². The first-order valence-corrected chi connectivity index (χ1v) is 8.50. The summed E-state index contributed by atoms with van der Waals surface area (Å²) in [6, 6.07) is 33.9. The number of anilines is 3. The number of nitriles is 3. The second-order valence-corrected chi connectivity index (χ2v) is 5.69. The molecular weight excluding hydrogens is 346 g/mol. The lowest BCUT2D eigenvalue weighted by Crippen LogP contribution is -2.39. The molecule has 0 heterocycles. The Labute approximate surface area is 163 Å². The minimum atomic E-state index is -0.261. The molecule has 0 unspecified atom stereocenters. The summed E-state index contributed by atoms with van der Waals surface area (Å²) in [5.74, 6) is 0. The van der Waals surface area contributed by atoms with Gasteiger partial charge in [0.25, 0.3) is 0 Å². The summed E-state index contributed by atoms with van der Waals surface area (Å²) in [5, 5.41) is 32.1. The molecule has 0 atom stereocenters. The van der Waals surface area contributed by atoms with E-state index in [1.165, 1.54) is 0 Å². The van der Waals surface area contributed by atoms with Gasteiger partial charge in [-0.25, -0.2) is 10.0 Å². The molecule has 0 spiro atoms. The van der Waals surface area contributed by atoms with E-state index in [1.54, 1.807) is 5.01 Å². The first-order chi connectivity index (χ1) is 13.8. The fraction of sp³-hybridized carbons (Fsp3) is 0. The fourth-order valence-corrected chi connectivity index (χ4v) is 2.77. The van der Waals surface area contributed by atoms with Gasteiger partial charge in [-0.15, -0.1) is 0 Å². The van der Waals surface area contributed by atoms with E-state index in [4.69, 9.17) is 0 Å². The Hall–Kier alpha value is -4.53. The number of rotatable bonds is 5. The van der Waals surface area contributed by atoms with Crippen molar-refractivity contribution >= 4 is 17.1 Å². The van der Waals surface area contributed by atoms with Gasteiger partial charge < -0.3 is 0 Å². The quantitative estimate of drug-likeness (QED) is 0.468. The lowest BCUT2D eigenvalue weighted by molar-refractivity contribution is 0.946. The summed E-state index contributed by atoms with van der Waals surface area (Å²) in [7, 11) is 0. The summed E-state index contributed by atoms with van der Waals surface area (Å²) in [4.78, 5) is 0. The van der Waals surface area contributed by atoms with Crippen molar-refractivity contribution in [1.29, 1.82) is 15.8 Å². The van der Waals surface area contributed by atoms with Crippen molar-refractivity contribution in [2.24, 2.45) is 0 Å². The Balaban J connectivity index is 2.33. The summed E-state index contributed by atoms with van der Waals surface area (Å²) >= 11 is 0. The van der Waals surface area contributed by atoms with E-state index in [9.17, 15) is 15.8 Å². The summed E-state index contributed by atoms with van der Waals surface area (Å²) in [6.45, 7) is 0. The molecule has 5 nitrogen and oxygen atoms in total. The maximum Gasteiger partial charge on any atom is 0.169 e. The van der Waals surface area contributed by atoms with Gasteiger partial charge in [-0.1, -0.05) is 54.6 Å². The van der Waals surface area contributed by atoms with E-state index in [0.717, 1.165) is 11.4 Å². The normalized spacial score (nSPS) is 9.32. The molecule has 0 saturated heterocycles. The Bertz CT molecular complexity index is 1030. The third-order valence-electron chi connectivity index (χ3n) is 3.98. The number of allylic oxidation sites excluding steroid dienone is 2. The maximum atomic E-state index is 9.85. The average Bonchev–Trinajstić information content (AvgIpc) is 2.78. The van der Waals surface area contributed by atoms with Crippen molar-refractivity contribution in [2.45, 2.75) is 0 Å². The van der Waals surface area contributed by atoms with Crippen LogP contribution in [0.1, 0.15) is 0 Å². The van der Waals surface area contributed by atoms with Crippen LogP contribution in [0.5, 0.6) is 0 Å². The molecule has 0 radical (unpaired) electrons. The smallest absolute Gasteiger partial charge is 0.169 e. The summed E-state index contributed by atoms with van der Waals surface area (Å²) in [6.07, 6.45) is 0. The molecule has 0 aromatic heterocycles. The number of benzene rings is 3. The first kappa shape index (κ1) is 18.3. The van der Waals surface area contributed by atoms with E-state index in [0.29, 0.717) is 5.69 Å². The zero-order valence-corrected chi connectivity index (χ0v) is 14.9. The lowest BCUT2D eigenvalue weighted by atomic mass is 10.2. The average molecular weight is 361 g/mol. The highest BCUT2D eigenvalue weighted by Gasteiger charge is 2.25. The van der Waals surface area contributed by atoms with E-state index in [2.05, 4.69) is 0 Å². The molecule has 0 aliphatic carbocycles. The largest absolute Gasteiger partial charge is 0.248 e. The van der Waals surface area contributed by atoms with Crippen LogP contribution in [0, 0.1) is 34.0 Å². The van der Waals surface area contributed by atoms with Crippen LogP contribution in [0.2, 0.25) is 0 Å². The third kappa shape index (κ3) is 3.68. The molecule has 0 saturated carbocycles. The number of para-hydroxylation sites is 3. The van der Waals surface area contributed by atoms with Gasteiger partial charge in [0.1, 0.15) is 18.2 Å². The van der Waals surface area contributed by atoms with Gasteiger partial charge in [0, 0.05) is 0 Å². The Morgan fingerprint density at radius 3 is 1.29 bits per heavy atom. The van der Waals surface area contributed by atoms with Crippen LogP contribution in [0.25, 0.3) is 0 Å². The number of hydrogen-bond donors (Lipinski definition) is 0. The topological polar surface area (TPSA) is 77.8 Å². The third-order valence-corrected chi connectivity index (χ3v) is 3.98. The van der Waals surface area contributed by atoms with Crippen LogP contribution in [-0.4, -0.2) is 0 Å². The van der Waals surface area contributed by atoms with Crippen LogP contribution < -0.4 is 10.0 Å². The van der Waals surface area contributed by atoms with Crippen molar-refractivity contribution < 1.29 is 0 Å². The van der Waals surface area contributed by atoms with Crippen molar-refractivity contribution in [2.75, 3.05) is 10.0 Å². The Morgan fingerprint density at radius 1 is 0.536 bits per heavy atom. The van der Waals surface area contributed by atoms with Gasteiger partial charge >= 0.3 is 0 Å². The highest BCUT2D eigenvalue weighted by atomic mass is 15.6. The fourth-order valence-electron chi connectivity index (χ4n) is 2.77. The van der Waals surface area contributed by atoms with Gasteiger partial charge in [0.2, 0.25) is 0 Å². The summed E-state index contributed by atoms with van der Waals surface area (Å²) in [5.41, 5.74) is 1.89. The van der Waals surface area contributed by atoms with E-state index in [1.807, 2.05) is 114 Å². The molecule has 3 aromatic carbocycles. The predicted octanol–water partition coefficient (Wildman–Crippen LogP) is 5.07. The van der Waals surface area contributed by atoms with Gasteiger partial charge in [0.05, 0.1) is 17.1 Å². The number of hydrogen-bond acceptors (Lipinski definition) is 5. The van der Waals surface area contributed by atoms with Crippen molar-refractivity contribution in [3.63, 3.8) is 0 Å². The minimum absolute atomic E-state index is 0.0519. The zero-order chi connectivity index (χ0) is 19.8. The van der Waals surface area contributed by atoms with Crippen LogP contribution in [0.4, 0.5) is 17.1 Å². The molecule has 0 amide bonds. The van der Waals surface area contributed by atoms with Crippen LogP contribution in [-0.2, 0) is 0 Å². The van der Waals surface area contributed by atoms with Gasteiger partial charge in [-0.05, 0) is 36.4 Å². The lowest BCUT2D eigenvalue weighted by Gasteiger charge is -2.37. The second kappa shape index (κ2) is 8.72. The summed E-state index contributed by atoms with van der Waals surface area (Å²) < 4.78 is 0. The molecule has 0 aliphatic rings. The van der Waals surface area contributed by atoms with Crippen molar-refractivity contribution in [3.05, 3.63) is 102 Å². The maximum absolute atomic E-state index is 9.85. The highest BCUT2D eigenvalue weighted by Crippen LogP contribution is 2.34. The standard InChI is InChI=1S/C23H15N5/c24-16-19(17-25)23(18-26)28(22-14-8-3-9-15-22)27(20-10-4-1-5-11-20)21-12-6-2-7-13-21/h1-15H. The molecule has 0 bridgehead atoms. The highest BCUT2D eigenvalue weighted by molar-refractivity contribution is 5.75. The first-order valence-electron chi connectivity index (χ1n) is 8.50. The van der Waals surface area contributed by atoms with E-state index in [-0.39, 0.29) is 11.3 Å². The monoisotopic (exact) mass is 361 g/mol. The van der Waals surface area contributed by atoms with E-state index < -0.39 is 0 Å². The number of hydrazine groups is 1. The van der Waals surface area contributed by atoms with Crippen LogP contribution in [0.15, 0.2) is 102 Å². The Morgan fingerprint density at radius 2 is 0.929 bits per heavy atom. The minimum Gasteiger partial charge on any atom is -0.248 e. The second-order valence-electron chi connectivity index (χ2n) is 5.69. The predicted molar refractivity (Wildman–Crippen MR) is 108 cm³/mol. The van der Waals surface area contributed by atoms with Crippen molar-refractivity contribution in [3.8, 4) is 18.2 Å². The SMILES string of the molecule is N#CC(C#N)=C(C#N)N(c1ccccc1)N(c1ccccc1)c1ccccc1. The molecule has 132 valence electrons. The van der Waals surface area contributed by atoms with Crippen molar-refractivity contribution in [1.82, 2.24) is 0 Å². The van der Waals surface area contributed by atoms with Gasteiger partial charge in [-0.2, -0.15) is 15.8 Å². The molecule has 5 heteroatoms. The number of nitrogens with zero attached hydrogens (tertiary/aromatic N) is 5. The van der Waals surface area contributed by atoms with Gasteiger partial charge in [-0.3, -0.25) is 0 Å². The van der Waals surface area contributed by atoms with Crippen LogP contribution in [0.3, 0.4) is 0 Å². The molecule has 3 rings (SSSR count). The molecule has 0 aliphatic heterocycles. The zero-order valence-electron chi connectivity index (χ0n) is 14.9. The van der Waals surface area contributed by atoms with Crippen LogP contribution >= 0.6 is 0 Å². The molecule has 0 fully saturated rings. The molecule has 3 aromatic rings.